The number of likely N-dealkylation sites (N-methyl/N-ethyl adjacent to an activating group) is 1. The van der Waals surface area contributed by atoms with Crippen LogP contribution >= 0.6 is 15.9 Å². The molecule has 0 radical (unpaired) electrons. The Balaban J connectivity index is 2.17. The zero-order valence-corrected chi connectivity index (χ0v) is 13.9. The fraction of sp³-hybridized carbons (Fsp3) is 0.200. The van der Waals surface area contributed by atoms with Crippen LogP contribution in [0.1, 0.15) is 5.56 Å². The molecule has 0 aliphatic carbocycles. The lowest BCUT2D eigenvalue weighted by Crippen LogP contribution is -2.29. The van der Waals surface area contributed by atoms with Crippen molar-refractivity contribution in [3.8, 4) is 0 Å². The van der Waals surface area contributed by atoms with E-state index in [-0.39, 0.29) is 11.4 Å². The summed E-state index contributed by atoms with van der Waals surface area (Å²) in [7, 11) is -2.38. The summed E-state index contributed by atoms with van der Waals surface area (Å²) in [6, 6.07) is 13.5. The average Bonchev–Trinajstić information content (AvgIpc) is 2.48. The van der Waals surface area contributed by atoms with Crippen LogP contribution in [-0.4, -0.2) is 26.3 Å². The molecule has 0 unspecified atom stereocenters. The van der Waals surface area contributed by atoms with Gasteiger partial charge in [-0.05, 0) is 30.2 Å². The van der Waals surface area contributed by atoms with Gasteiger partial charge in [0.15, 0.2) is 0 Å². The summed E-state index contributed by atoms with van der Waals surface area (Å²) in [5.41, 5.74) is 1.04. The first kappa shape index (κ1) is 16.1. The fourth-order valence-electron chi connectivity index (χ4n) is 1.89. The Labute approximate surface area is 132 Å². The highest BCUT2D eigenvalue weighted by molar-refractivity contribution is 9.10. The molecule has 0 saturated carbocycles. The third-order valence-electron chi connectivity index (χ3n) is 3.14. The van der Waals surface area contributed by atoms with E-state index in [1.165, 1.54) is 23.5 Å². The van der Waals surface area contributed by atoms with Gasteiger partial charge in [0.25, 0.3) is 0 Å². The molecule has 112 valence electrons. The van der Waals surface area contributed by atoms with Crippen LogP contribution in [0.15, 0.2) is 57.9 Å². The quantitative estimate of drug-likeness (QED) is 0.806. The fourth-order valence-corrected chi connectivity index (χ4v) is 3.66. The summed E-state index contributed by atoms with van der Waals surface area (Å²) >= 11 is 3.16. The predicted octanol–water partition coefficient (Wildman–Crippen LogP) is 3.45. The Morgan fingerprint density at radius 1 is 1.14 bits per heavy atom. The first-order chi connectivity index (χ1) is 9.91. The molecule has 0 bridgehead atoms. The van der Waals surface area contributed by atoms with Crippen molar-refractivity contribution in [2.24, 2.45) is 0 Å². The summed E-state index contributed by atoms with van der Waals surface area (Å²) in [6.07, 6.45) is 0.576. The predicted molar refractivity (Wildman–Crippen MR) is 84.1 cm³/mol. The van der Waals surface area contributed by atoms with Crippen LogP contribution in [-0.2, 0) is 16.4 Å². The minimum absolute atomic E-state index is 0.290. The van der Waals surface area contributed by atoms with Gasteiger partial charge in [-0.2, -0.15) is 0 Å². The Bertz CT molecular complexity index is 720. The molecule has 0 atom stereocenters. The standard InChI is InChI=1S/C15H15BrFNO2S/c1-18(10-9-12-5-3-2-4-6-12)21(19,20)15-11-13(16)7-8-14(15)17/h2-8,11H,9-10H2,1H3. The Kier molecular flexibility index (Phi) is 5.13. The third kappa shape index (κ3) is 3.90. The number of hydrogen-bond acceptors (Lipinski definition) is 2. The number of rotatable bonds is 5. The molecule has 0 fully saturated rings. The van der Waals surface area contributed by atoms with Gasteiger partial charge in [0.05, 0.1) is 0 Å². The van der Waals surface area contributed by atoms with Gasteiger partial charge in [-0.15, -0.1) is 0 Å². The van der Waals surface area contributed by atoms with E-state index in [9.17, 15) is 12.8 Å². The van der Waals surface area contributed by atoms with Crippen molar-refractivity contribution < 1.29 is 12.8 Å². The van der Waals surface area contributed by atoms with Gasteiger partial charge >= 0.3 is 0 Å². The maximum absolute atomic E-state index is 13.8. The topological polar surface area (TPSA) is 37.4 Å². The van der Waals surface area contributed by atoms with E-state index in [4.69, 9.17) is 0 Å². The van der Waals surface area contributed by atoms with E-state index in [1.807, 2.05) is 30.3 Å². The molecule has 3 nitrogen and oxygen atoms in total. The Hall–Kier alpha value is -1.24. The van der Waals surface area contributed by atoms with Crippen LogP contribution in [0.4, 0.5) is 4.39 Å². The number of nitrogens with zero attached hydrogens (tertiary/aromatic N) is 1. The highest BCUT2D eigenvalue weighted by Crippen LogP contribution is 2.22. The third-order valence-corrected chi connectivity index (χ3v) is 5.50. The molecule has 0 spiro atoms. The van der Waals surface area contributed by atoms with Gasteiger partial charge in [0.2, 0.25) is 10.0 Å². The van der Waals surface area contributed by atoms with E-state index in [0.717, 1.165) is 11.6 Å². The molecule has 6 heteroatoms. The van der Waals surface area contributed by atoms with Crippen molar-refractivity contribution in [2.45, 2.75) is 11.3 Å². The van der Waals surface area contributed by atoms with Crippen molar-refractivity contribution in [2.75, 3.05) is 13.6 Å². The lowest BCUT2D eigenvalue weighted by Gasteiger charge is -2.17. The van der Waals surface area contributed by atoms with Gasteiger partial charge in [0, 0.05) is 18.1 Å². The van der Waals surface area contributed by atoms with Crippen LogP contribution in [0, 0.1) is 5.82 Å². The normalized spacial score (nSPS) is 11.8. The number of sulfonamides is 1. The van der Waals surface area contributed by atoms with Crippen LogP contribution in [0.2, 0.25) is 0 Å². The van der Waals surface area contributed by atoms with Gasteiger partial charge in [-0.25, -0.2) is 17.1 Å². The van der Waals surface area contributed by atoms with E-state index in [2.05, 4.69) is 15.9 Å². The minimum Gasteiger partial charge on any atom is -0.207 e. The largest absolute Gasteiger partial charge is 0.245 e. The zero-order valence-electron chi connectivity index (χ0n) is 11.5. The minimum atomic E-state index is -3.83. The molecule has 0 aliphatic rings. The summed E-state index contributed by atoms with van der Waals surface area (Å²) in [5, 5.41) is 0. The Morgan fingerprint density at radius 2 is 1.81 bits per heavy atom. The lowest BCUT2D eigenvalue weighted by atomic mass is 10.2. The smallest absolute Gasteiger partial charge is 0.207 e. The molecule has 0 aromatic heterocycles. The second-order valence-electron chi connectivity index (χ2n) is 4.64. The monoisotopic (exact) mass is 371 g/mol. The van der Waals surface area contributed by atoms with Crippen LogP contribution < -0.4 is 0 Å². The number of hydrogen-bond donors (Lipinski definition) is 0. The van der Waals surface area contributed by atoms with Crippen molar-refractivity contribution in [3.05, 3.63) is 64.4 Å². The van der Waals surface area contributed by atoms with Crippen molar-refractivity contribution in [1.82, 2.24) is 4.31 Å². The van der Waals surface area contributed by atoms with Gasteiger partial charge in [0.1, 0.15) is 10.7 Å². The molecular weight excluding hydrogens is 357 g/mol. The number of benzene rings is 2. The molecule has 21 heavy (non-hydrogen) atoms. The molecule has 0 saturated heterocycles. The summed E-state index contributed by atoms with van der Waals surface area (Å²) in [4.78, 5) is -0.313. The zero-order chi connectivity index (χ0) is 15.5. The first-order valence-electron chi connectivity index (χ1n) is 6.36. The summed E-state index contributed by atoms with van der Waals surface area (Å²) < 4.78 is 40.2. The van der Waals surface area contributed by atoms with Gasteiger partial charge in [-0.3, -0.25) is 0 Å². The molecule has 2 rings (SSSR count). The van der Waals surface area contributed by atoms with E-state index >= 15 is 0 Å². The maximum Gasteiger partial charge on any atom is 0.245 e. The summed E-state index contributed by atoms with van der Waals surface area (Å²) in [6.45, 7) is 0.290. The van der Waals surface area contributed by atoms with Crippen molar-refractivity contribution >= 4 is 26.0 Å². The molecular formula is C15H15BrFNO2S. The van der Waals surface area contributed by atoms with Crippen LogP contribution in [0.5, 0.6) is 0 Å². The number of halogens is 2. The summed E-state index contributed by atoms with van der Waals surface area (Å²) in [5.74, 6) is -0.746. The lowest BCUT2D eigenvalue weighted by molar-refractivity contribution is 0.465. The molecule has 2 aromatic rings. The molecule has 0 amide bonds. The van der Waals surface area contributed by atoms with Crippen molar-refractivity contribution in [1.29, 1.82) is 0 Å². The Morgan fingerprint density at radius 3 is 2.48 bits per heavy atom. The SMILES string of the molecule is CN(CCc1ccccc1)S(=O)(=O)c1cc(Br)ccc1F. The highest BCUT2D eigenvalue weighted by atomic mass is 79.9. The van der Waals surface area contributed by atoms with E-state index in [0.29, 0.717) is 10.9 Å². The second kappa shape index (κ2) is 6.68. The highest BCUT2D eigenvalue weighted by Gasteiger charge is 2.24. The van der Waals surface area contributed by atoms with Gasteiger partial charge in [-0.1, -0.05) is 46.3 Å². The molecule has 0 N–H and O–H groups in total. The van der Waals surface area contributed by atoms with E-state index < -0.39 is 15.8 Å². The molecule has 0 aliphatic heterocycles. The van der Waals surface area contributed by atoms with Crippen molar-refractivity contribution in [3.63, 3.8) is 0 Å². The van der Waals surface area contributed by atoms with Crippen LogP contribution in [0.25, 0.3) is 0 Å². The molecule has 0 heterocycles. The first-order valence-corrected chi connectivity index (χ1v) is 8.60. The maximum atomic E-state index is 13.8. The molecule has 2 aromatic carbocycles. The second-order valence-corrected chi connectivity index (χ2v) is 7.57. The van der Waals surface area contributed by atoms with E-state index in [1.54, 1.807) is 0 Å². The average molecular weight is 372 g/mol. The van der Waals surface area contributed by atoms with Crippen LogP contribution in [0.3, 0.4) is 0 Å². The van der Waals surface area contributed by atoms with Gasteiger partial charge < -0.3 is 0 Å².